The quantitative estimate of drug-likeness (QED) is 0.851. The minimum Gasteiger partial charge on any atom is -0.396 e. The molecule has 0 saturated heterocycles. The molecular weight excluding hydrogens is 234 g/mol. The lowest BCUT2D eigenvalue weighted by Gasteiger charge is -2.10. The number of nitrogens with zero attached hydrogens (tertiary/aromatic N) is 1. The summed E-state index contributed by atoms with van der Waals surface area (Å²) in [5, 5.41) is 3.88. The van der Waals surface area contributed by atoms with Crippen LogP contribution in [0.2, 0.25) is 5.02 Å². The summed E-state index contributed by atoms with van der Waals surface area (Å²) in [6.07, 6.45) is 0. The van der Waals surface area contributed by atoms with Crippen molar-refractivity contribution in [2.75, 3.05) is 11.1 Å². The van der Waals surface area contributed by atoms with Gasteiger partial charge in [-0.15, -0.1) is 0 Å². The number of pyridine rings is 1. The second-order valence-electron chi connectivity index (χ2n) is 3.98. The Kier molecular flexibility index (Phi) is 3.20. The van der Waals surface area contributed by atoms with Gasteiger partial charge in [-0.3, -0.25) is 0 Å². The number of nitrogen functional groups attached to an aromatic ring is 1. The first-order valence-electron chi connectivity index (χ1n) is 5.32. The summed E-state index contributed by atoms with van der Waals surface area (Å²) >= 11 is 6.06. The third-order valence-electron chi connectivity index (χ3n) is 2.50. The molecule has 4 heteroatoms. The molecule has 1 aromatic carbocycles. The topological polar surface area (TPSA) is 50.9 Å². The lowest BCUT2D eigenvalue weighted by atomic mass is 10.2. The van der Waals surface area contributed by atoms with Crippen molar-refractivity contribution in [3.63, 3.8) is 0 Å². The maximum Gasteiger partial charge on any atom is 0.153 e. The van der Waals surface area contributed by atoms with Crippen LogP contribution in [-0.2, 0) is 0 Å². The van der Waals surface area contributed by atoms with Crippen LogP contribution in [0.25, 0.3) is 0 Å². The van der Waals surface area contributed by atoms with Crippen LogP contribution < -0.4 is 11.1 Å². The summed E-state index contributed by atoms with van der Waals surface area (Å²) < 4.78 is 0. The van der Waals surface area contributed by atoms with E-state index < -0.39 is 0 Å². The van der Waals surface area contributed by atoms with Gasteiger partial charge in [-0.1, -0.05) is 17.7 Å². The van der Waals surface area contributed by atoms with Gasteiger partial charge in [0, 0.05) is 16.4 Å². The number of benzene rings is 1. The van der Waals surface area contributed by atoms with Crippen LogP contribution in [0.5, 0.6) is 0 Å². The lowest BCUT2D eigenvalue weighted by molar-refractivity contribution is 1.20. The number of halogens is 1. The maximum atomic E-state index is 6.06. The first kappa shape index (κ1) is 11.7. The molecule has 1 heterocycles. The predicted molar refractivity (Wildman–Crippen MR) is 72.9 cm³/mol. The highest BCUT2D eigenvalue weighted by Crippen LogP contribution is 2.25. The zero-order chi connectivity index (χ0) is 12.4. The molecule has 0 bridgehead atoms. The molecule has 0 unspecified atom stereocenters. The number of anilines is 3. The highest BCUT2D eigenvalue weighted by Gasteiger charge is 2.03. The third-order valence-corrected chi connectivity index (χ3v) is 2.91. The summed E-state index contributed by atoms with van der Waals surface area (Å²) in [6.45, 7) is 3.89. The number of aromatic nitrogens is 1. The maximum absolute atomic E-state index is 6.06. The van der Waals surface area contributed by atoms with Crippen LogP contribution >= 0.6 is 11.6 Å². The zero-order valence-electron chi connectivity index (χ0n) is 9.79. The first-order valence-corrected chi connectivity index (χ1v) is 5.70. The lowest BCUT2D eigenvalue weighted by Crippen LogP contribution is -2.00. The van der Waals surface area contributed by atoms with Crippen LogP contribution in [0.4, 0.5) is 17.2 Å². The summed E-state index contributed by atoms with van der Waals surface area (Å²) in [5.41, 5.74) is 9.31. The zero-order valence-corrected chi connectivity index (χ0v) is 10.5. The Bertz CT molecular complexity index is 552. The van der Waals surface area contributed by atoms with Gasteiger partial charge >= 0.3 is 0 Å². The first-order chi connectivity index (χ1) is 8.06. The highest BCUT2D eigenvalue weighted by molar-refractivity contribution is 6.31. The van der Waals surface area contributed by atoms with Gasteiger partial charge in [0.05, 0.1) is 5.69 Å². The van der Waals surface area contributed by atoms with Gasteiger partial charge in [-0.25, -0.2) is 4.98 Å². The van der Waals surface area contributed by atoms with Crippen molar-refractivity contribution in [3.05, 3.63) is 46.6 Å². The van der Waals surface area contributed by atoms with Crippen molar-refractivity contribution in [1.29, 1.82) is 0 Å². The van der Waals surface area contributed by atoms with Gasteiger partial charge in [0.25, 0.3) is 0 Å². The van der Waals surface area contributed by atoms with E-state index in [4.69, 9.17) is 17.3 Å². The Hall–Kier alpha value is -1.74. The second-order valence-corrected chi connectivity index (χ2v) is 4.39. The van der Waals surface area contributed by atoms with E-state index in [1.54, 1.807) is 0 Å². The summed E-state index contributed by atoms with van der Waals surface area (Å²) in [5.74, 6) is 0.657. The van der Waals surface area contributed by atoms with Crippen LogP contribution in [0, 0.1) is 13.8 Å². The van der Waals surface area contributed by atoms with E-state index in [1.165, 1.54) is 0 Å². The fourth-order valence-electron chi connectivity index (χ4n) is 1.47. The molecule has 3 N–H and O–H groups in total. The number of nitrogens with two attached hydrogens (primary N) is 1. The number of nitrogens with one attached hydrogen (secondary N) is 1. The molecule has 0 amide bonds. The van der Waals surface area contributed by atoms with E-state index in [9.17, 15) is 0 Å². The van der Waals surface area contributed by atoms with Gasteiger partial charge < -0.3 is 11.1 Å². The van der Waals surface area contributed by atoms with E-state index in [0.717, 1.165) is 22.0 Å². The van der Waals surface area contributed by atoms with Crippen molar-refractivity contribution in [2.45, 2.75) is 13.8 Å². The average molecular weight is 248 g/mol. The Morgan fingerprint density at radius 2 is 1.94 bits per heavy atom. The van der Waals surface area contributed by atoms with Crippen LogP contribution in [0.3, 0.4) is 0 Å². The minimum absolute atomic E-state index is 0.618. The summed E-state index contributed by atoms with van der Waals surface area (Å²) in [7, 11) is 0. The molecule has 0 spiro atoms. The van der Waals surface area contributed by atoms with E-state index in [1.807, 2.05) is 44.2 Å². The third kappa shape index (κ3) is 2.68. The summed E-state index contributed by atoms with van der Waals surface area (Å²) in [4.78, 5) is 4.34. The Morgan fingerprint density at radius 3 is 2.65 bits per heavy atom. The molecule has 0 atom stereocenters. The smallest absolute Gasteiger partial charge is 0.153 e. The highest BCUT2D eigenvalue weighted by atomic mass is 35.5. The molecule has 0 saturated carbocycles. The molecule has 88 valence electrons. The van der Waals surface area contributed by atoms with E-state index >= 15 is 0 Å². The average Bonchev–Trinajstić information content (AvgIpc) is 2.29. The van der Waals surface area contributed by atoms with Gasteiger partial charge in [-0.2, -0.15) is 0 Å². The van der Waals surface area contributed by atoms with Gasteiger partial charge in [0.2, 0.25) is 0 Å². The van der Waals surface area contributed by atoms with E-state index in [2.05, 4.69) is 10.3 Å². The number of rotatable bonds is 2. The van der Waals surface area contributed by atoms with Crippen molar-refractivity contribution < 1.29 is 0 Å². The number of aryl methyl sites for hydroxylation is 2. The molecule has 2 rings (SSSR count). The van der Waals surface area contributed by atoms with Crippen molar-refractivity contribution in [3.8, 4) is 0 Å². The Labute approximate surface area is 106 Å². The fraction of sp³-hybridized carbons (Fsp3) is 0.154. The number of hydrogen-bond donors (Lipinski definition) is 2. The molecular formula is C13H14ClN3. The predicted octanol–water partition coefficient (Wildman–Crippen LogP) is 3.68. The fourth-order valence-corrected chi connectivity index (χ4v) is 1.66. The molecule has 0 fully saturated rings. The monoisotopic (exact) mass is 247 g/mol. The molecule has 17 heavy (non-hydrogen) atoms. The van der Waals surface area contributed by atoms with Crippen molar-refractivity contribution in [2.24, 2.45) is 0 Å². The van der Waals surface area contributed by atoms with Gasteiger partial charge in [0.15, 0.2) is 5.82 Å². The van der Waals surface area contributed by atoms with E-state index in [-0.39, 0.29) is 0 Å². The van der Waals surface area contributed by atoms with Crippen molar-refractivity contribution in [1.82, 2.24) is 4.98 Å². The molecule has 0 aliphatic carbocycles. The summed E-state index contributed by atoms with van der Waals surface area (Å²) in [6, 6.07) is 9.48. The van der Waals surface area contributed by atoms with Crippen LogP contribution in [0.1, 0.15) is 11.3 Å². The van der Waals surface area contributed by atoms with Gasteiger partial charge in [-0.05, 0) is 43.7 Å². The molecule has 3 nitrogen and oxygen atoms in total. The van der Waals surface area contributed by atoms with Crippen molar-refractivity contribution >= 4 is 28.8 Å². The normalized spacial score (nSPS) is 10.3. The van der Waals surface area contributed by atoms with Gasteiger partial charge in [0.1, 0.15) is 0 Å². The Morgan fingerprint density at radius 1 is 1.18 bits per heavy atom. The standard InChI is InChI=1S/C13H14ClN3/c1-8-3-5-10(7-11(8)14)17-13-12(15)6-4-9(2)16-13/h3-7H,15H2,1-2H3,(H,16,17). The molecule has 0 aliphatic heterocycles. The molecule has 2 aromatic rings. The SMILES string of the molecule is Cc1ccc(N)c(Nc2ccc(C)c(Cl)c2)n1. The van der Waals surface area contributed by atoms with Crippen LogP contribution in [0.15, 0.2) is 30.3 Å². The molecule has 0 radical (unpaired) electrons. The van der Waals surface area contributed by atoms with E-state index in [0.29, 0.717) is 11.5 Å². The van der Waals surface area contributed by atoms with Crippen LogP contribution in [-0.4, -0.2) is 4.98 Å². The molecule has 1 aromatic heterocycles. The Balaban J connectivity index is 2.31. The molecule has 0 aliphatic rings. The number of hydrogen-bond acceptors (Lipinski definition) is 3. The minimum atomic E-state index is 0.618. The second kappa shape index (κ2) is 4.63. The largest absolute Gasteiger partial charge is 0.396 e.